The van der Waals surface area contributed by atoms with Crippen molar-refractivity contribution in [2.45, 2.75) is 0 Å². The number of benzene rings is 1. The average Bonchev–Trinajstić information content (AvgIpc) is 3.53. The maximum Gasteiger partial charge on any atom is 0.276 e. The maximum absolute atomic E-state index is 15.2. The summed E-state index contributed by atoms with van der Waals surface area (Å²) < 4.78 is 23.3. The van der Waals surface area contributed by atoms with E-state index in [9.17, 15) is 9.59 Å². The van der Waals surface area contributed by atoms with Crippen LogP contribution in [0, 0.1) is 5.82 Å². The maximum atomic E-state index is 15.2. The Kier molecular flexibility index (Phi) is 5.26. The number of halogens is 1. The number of hydrazine groups is 1. The molecule has 4 aromatic rings. The van der Waals surface area contributed by atoms with E-state index in [1.807, 2.05) is 29.2 Å². The highest BCUT2D eigenvalue weighted by Crippen LogP contribution is 2.32. The van der Waals surface area contributed by atoms with Crippen molar-refractivity contribution in [1.82, 2.24) is 25.1 Å². The number of carbonyl (C=O) groups excluding carboxylic acids is 1. The smallest absolute Gasteiger partial charge is 0.276 e. The minimum Gasteiger partial charge on any atom is -0.378 e. The van der Waals surface area contributed by atoms with E-state index in [1.54, 1.807) is 11.4 Å². The molecular formula is C23H22FN7O3S. The normalized spacial score (nSPS) is 16.1. The second kappa shape index (κ2) is 8.47. The Hall–Kier alpha value is -3.77. The highest BCUT2D eigenvalue weighted by molar-refractivity contribution is 7.24. The largest absolute Gasteiger partial charge is 0.378 e. The Morgan fingerprint density at radius 1 is 1.29 bits per heavy atom. The van der Waals surface area contributed by atoms with Crippen LogP contribution in [0.15, 0.2) is 40.1 Å². The number of nitrogens with zero attached hydrogens (tertiary/aromatic N) is 5. The van der Waals surface area contributed by atoms with Crippen molar-refractivity contribution in [3.8, 4) is 0 Å². The molecule has 2 N–H and O–H groups in total. The Morgan fingerprint density at radius 3 is 2.86 bits per heavy atom. The molecule has 0 aliphatic carbocycles. The van der Waals surface area contributed by atoms with Gasteiger partial charge in [-0.05, 0) is 18.2 Å². The molecule has 1 saturated heterocycles. The number of amides is 1. The van der Waals surface area contributed by atoms with Gasteiger partial charge in [0.15, 0.2) is 17.3 Å². The number of thiazole rings is 1. The van der Waals surface area contributed by atoms with Crippen LogP contribution in [0.2, 0.25) is 0 Å². The average molecular weight is 496 g/mol. The van der Waals surface area contributed by atoms with E-state index >= 15 is 4.39 Å². The standard InChI is InChI=1S/C23H22FN7O3S/c1-29(23-25-6-7-26-23)28-21(33)17-18(32)13-12-14(24)20(30-8-10-34-11-9-30)27-19(13)31-15-4-2-3-5-16(15)35-22(17)31/h2-5,12H,6-11H2,1H3,(H,25,26)(H,28,33). The van der Waals surface area contributed by atoms with Gasteiger partial charge in [0.1, 0.15) is 10.4 Å². The van der Waals surface area contributed by atoms with Gasteiger partial charge >= 0.3 is 0 Å². The first-order valence-corrected chi connectivity index (χ1v) is 12.1. The van der Waals surface area contributed by atoms with Crippen molar-refractivity contribution >= 4 is 55.1 Å². The van der Waals surface area contributed by atoms with Gasteiger partial charge in [-0.2, -0.15) is 0 Å². The summed E-state index contributed by atoms with van der Waals surface area (Å²) in [7, 11) is 1.64. The van der Waals surface area contributed by atoms with Gasteiger partial charge in [0, 0.05) is 26.7 Å². The number of para-hydroxylation sites is 1. The SMILES string of the molecule is CN(NC(=O)c1c(=O)c2cc(F)c(N3CCOCC3)nc2n2c1sc1ccccc12)C1=NCCN1. The zero-order valence-corrected chi connectivity index (χ0v) is 19.7. The third-order valence-electron chi connectivity index (χ3n) is 6.13. The molecule has 1 aromatic carbocycles. The molecule has 1 amide bonds. The van der Waals surface area contributed by atoms with E-state index in [2.05, 4.69) is 20.7 Å². The van der Waals surface area contributed by atoms with E-state index < -0.39 is 17.2 Å². The lowest BCUT2D eigenvalue weighted by molar-refractivity contribution is 0.0886. The predicted molar refractivity (Wildman–Crippen MR) is 133 cm³/mol. The van der Waals surface area contributed by atoms with Crippen LogP contribution in [0.25, 0.3) is 26.1 Å². The number of hydrogen-bond acceptors (Lipinski definition) is 9. The Labute approximate surface area is 202 Å². The van der Waals surface area contributed by atoms with Crippen LogP contribution in [0.5, 0.6) is 0 Å². The monoisotopic (exact) mass is 495 g/mol. The molecule has 0 bridgehead atoms. The van der Waals surface area contributed by atoms with Crippen molar-refractivity contribution in [3.05, 3.63) is 51.9 Å². The van der Waals surface area contributed by atoms with E-state index in [0.29, 0.717) is 55.8 Å². The summed E-state index contributed by atoms with van der Waals surface area (Å²) in [6.07, 6.45) is 0. The van der Waals surface area contributed by atoms with Crippen LogP contribution in [0.4, 0.5) is 10.2 Å². The molecule has 0 spiro atoms. The first-order valence-electron chi connectivity index (χ1n) is 11.2. The summed E-state index contributed by atoms with van der Waals surface area (Å²) in [5.41, 5.74) is 3.18. The van der Waals surface area contributed by atoms with Crippen molar-refractivity contribution < 1.29 is 13.9 Å². The number of rotatable bonds is 2. The molecule has 3 aromatic heterocycles. The third-order valence-corrected chi connectivity index (χ3v) is 7.28. The number of pyridine rings is 2. The van der Waals surface area contributed by atoms with Gasteiger partial charge in [-0.3, -0.25) is 24.4 Å². The van der Waals surface area contributed by atoms with Gasteiger partial charge in [-0.15, -0.1) is 11.3 Å². The van der Waals surface area contributed by atoms with Crippen LogP contribution in [0.1, 0.15) is 10.4 Å². The molecule has 0 atom stereocenters. The minimum atomic E-state index is -0.607. The minimum absolute atomic E-state index is 0.0460. The van der Waals surface area contributed by atoms with Gasteiger partial charge in [0.05, 0.1) is 35.4 Å². The molecule has 0 unspecified atom stereocenters. The van der Waals surface area contributed by atoms with Crippen molar-refractivity contribution in [2.24, 2.45) is 4.99 Å². The number of hydrogen-bond donors (Lipinski definition) is 2. The summed E-state index contributed by atoms with van der Waals surface area (Å²) in [6, 6.07) is 8.77. The molecule has 2 aliphatic heterocycles. The first-order chi connectivity index (χ1) is 17.0. The van der Waals surface area contributed by atoms with Crippen LogP contribution < -0.4 is 21.1 Å². The number of ether oxygens (including phenoxy) is 1. The summed E-state index contributed by atoms with van der Waals surface area (Å²) >= 11 is 1.32. The van der Waals surface area contributed by atoms with Crippen LogP contribution in [0.3, 0.4) is 0 Å². The van der Waals surface area contributed by atoms with Crippen molar-refractivity contribution in [1.29, 1.82) is 0 Å². The molecule has 180 valence electrons. The highest BCUT2D eigenvalue weighted by Gasteiger charge is 2.26. The Balaban J connectivity index is 1.59. The van der Waals surface area contributed by atoms with Gasteiger partial charge < -0.3 is 15.0 Å². The lowest BCUT2D eigenvalue weighted by Gasteiger charge is -2.28. The second-order valence-corrected chi connectivity index (χ2v) is 9.34. The zero-order valence-electron chi connectivity index (χ0n) is 18.9. The second-order valence-electron chi connectivity index (χ2n) is 8.31. The lowest BCUT2D eigenvalue weighted by Crippen LogP contribution is -2.48. The Bertz CT molecular complexity index is 1570. The first kappa shape index (κ1) is 21.7. The molecule has 5 heterocycles. The number of nitrogens with one attached hydrogen (secondary N) is 2. The zero-order chi connectivity index (χ0) is 24.1. The van der Waals surface area contributed by atoms with Gasteiger partial charge in [-0.1, -0.05) is 12.1 Å². The number of aromatic nitrogens is 2. The third kappa shape index (κ3) is 3.56. The number of fused-ring (bicyclic) bond motifs is 5. The lowest BCUT2D eigenvalue weighted by atomic mass is 10.1. The van der Waals surface area contributed by atoms with E-state index in [-0.39, 0.29) is 16.8 Å². The van der Waals surface area contributed by atoms with Crippen molar-refractivity contribution in [3.63, 3.8) is 0 Å². The number of guanidine groups is 1. The van der Waals surface area contributed by atoms with E-state index in [1.165, 1.54) is 22.4 Å². The molecule has 1 fully saturated rings. The molecule has 6 rings (SSSR count). The summed E-state index contributed by atoms with van der Waals surface area (Å²) in [5.74, 6) is -0.525. The molecule has 12 heteroatoms. The van der Waals surface area contributed by atoms with E-state index in [0.717, 1.165) is 10.2 Å². The fourth-order valence-electron chi connectivity index (χ4n) is 4.47. The number of aliphatic imine (C=N–C) groups is 1. The van der Waals surface area contributed by atoms with Gasteiger partial charge in [0.25, 0.3) is 5.91 Å². The fraction of sp³-hybridized carbons (Fsp3) is 0.304. The molecule has 10 nitrogen and oxygen atoms in total. The summed E-state index contributed by atoms with van der Waals surface area (Å²) in [4.78, 5) is 38.2. The summed E-state index contributed by atoms with van der Waals surface area (Å²) in [5, 5.41) is 4.56. The van der Waals surface area contributed by atoms with Crippen LogP contribution in [-0.4, -0.2) is 72.7 Å². The fourth-order valence-corrected chi connectivity index (χ4v) is 5.65. The van der Waals surface area contributed by atoms with E-state index in [4.69, 9.17) is 4.74 Å². The summed E-state index contributed by atoms with van der Waals surface area (Å²) in [6.45, 7) is 3.23. The molecule has 35 heavy (non-hydrogen) atoms. The highest BCUT2D eigenvalue weighted by atomic mass is 32.1. The number of anilines is 1. The number of carbonyl (C=O) groups is 1. The molecule has 2 aliphatic rings. The van der Waals surface area contributed by atoms with Crippen LogP contribution >= 0.6 is 11.3 Å². The molecule has 0 saturated carbocycles. The number of morpholine rings is 1. The molecular weight excluding hydrogens is 473 g/mol. The van der Waals surface area contributed by atoms with Crippen molar-refractivity contribution in [2.75, 3.05) is 51.3 Å². The molecule has 0 radical (unpaired) electrons. The predicted octanol–water partition coefficient (Wildman–Crippen LogP) is 1.57. The van der Waals surface area contributed by atoms with Gasteiger partial charge in [-0.25, -0.2) is 14.4 Å². The topological polar surface area (TPSA) is 104 Å². The Morgan fingerprint density at radius 2 is 2.09 bits per heavy atom. The van der Waals surface area contributed by atoms with Gasteiger partial charge in [0.2, 0.25) is 11.4 Å². The van der Waals surface area contributed by atoms with Crippen LogP contribution in [-0.2, 0) is 4.74 Å². The quantitative estimate of drug-likeness (QED) is 0.407.